The highest BCUT2D eigenvalue weighted by Gasteiger charge is 2.23. The lowest BCUT2D eigenvalue weighted by molar-refractivity contribution is -0.123. The number of hydrogen-bond acceptors (Lipinski definition) is 5. The van der Waals surface area contributed by atoms with Crippen molar-refractivity contribution < 1.29 is 19.1 Å². The number of anilines is 2. The molecule has 0 saturated heterocycles. The van der Waals surface area contributed by atoms with Crippen LogP contribution in [0.5, 0.6) is 11.5 Å². The largest absolute Gasteiger partial charge is 0.497 e. The Morgan fingerprint density at radius 1 is 1.00 bits per heavy atom. The van der Waals surface area contributed by atoms with Crippen molar-refractivity contribution >= 4 is 23.2 Å². The van der Waals surface area contributed by atoms with Gasteiger partial charge in [-0.2, -0.15) is 0 Å². The molecule has 2 aromatic rings. The minimum atomic E-state index is -0.489. The number of amides is 2. The summed E-state index contributed by atoms with van der Waals surface area (Å²) in [6, 6.07) is 13.8. The molecule has 0 bridgehead atoms. The number of likely N-dealkylation sites (N-methyl/N-ethyl adjacent to an activating group) is 1. The highest BCUT2D eigenvalue weighted by molar-refractivity contribution is 5.97. The third-order valence-corrected chi connectivity index (χ3v) is 4.42. The van der Waals surface area contributed by atoms with Gasteiger partial charge in [0.1, 0.15) is 11.5 Å². The van der Waals surface area contributed by atoms with E-state index >= 15 is 0 Å². The normalized spacial score (nSPS) is 11.6. The standard InChI is InChI=1S/C21H27N3O4/c1-5-24(14-20(25)22-16-10-12-17(27-3)13-11-16)15(2)21(26)23-18-8-6-7-9-19(18)28-4/h6-13,15H,5,14H2,1-4H3,(H,22,25)(H,23,26)/t15-/m1/s1. The SMILES string of the molecule is CCN(CC(=O)Nc1ccc(OC)cc1)[C@H](C)C(=O)Nc1ccccc1OC. The Bertz CT molecular complexity index is 792. The molecule has 0 spiro atoms. The maximum absolute atomic E-state index is 12.6. The van der Waals surface area contributed by atoms with Crippen LogP contribution in [-0.4, -0.2) is 50.1 Å². The number of methoxy groups -OCH3 is 2. The van der Waals surface area contributed by atoms with Crippen molar-refractivity contribution in [3.63, 3.8) is 0 Å². The summed E-state index contributed by atoms with van der Waals surface area (Å²) in [5.74, 6) is 0.908. The Kier molecular flexibility index (Phi) is 7.83. The van der Waals surface area contributed by atoms with Gasteiger partial charge >= 0.3 is 0 Å². The van der Waals surface area contributed by atoms with Gasteiger partial charge in [-0.15, -0.1) is 0 Å². The molecule has 1 atom stereocenters. The first-order valence-corrected chi connectivity index (χ1v) is 9.10. The first kappa shape index (κ1) is 21.2. The quantitative estimate of drug-likeness (QED) is 0.694. The first-order valence-electron chi connectivity index (χ1n) is 9.10. The van der Waals surface area contributed by atoms with E-state index in [-0.39, 0.29) is 18.4 Å². The van der Waals surface area contributed by atoms with E-state index < -0.39 is 6.04 Å². The van der Waals surface area contributed by atoms with Crippen LogP contribution in [-0.2, 0) is 9.59 Å². The van der Waals surface area contributed by atoms with E-state index in [2.05, 4.69) is 10.6 Å². The van der Waals surface area contributed by atoms with Crippen molar-refractivity contribution in [2.24, 2.45) is 0 Å². The number of rotatable bonds is 9. The molecule has 2 rings (SSSR count). The van der Waals surface area contributed by atoms with E-state index in [1.54, 1.807) is 62.4 Å². The van der Waals surface area contributed by atoms with Gasteiger partial charge in [-0.1, -0.05) is 19.1 Å². The molecular weight excluding hydrogens is 358 g/mol. The van der Waals surface area contributed by atoms with Crippen LogP contribution < -0.4 is 20.1 Å². The Balaban J connectivity index is 1.96. The molecule has 28 heavy (non-hydrogen) atoms. The zero-order chi connectivity index (χ0) is 20.5. The number of ether oxygens (including phenoxy) is 2. The summed E-state index contributed by atoms with van der Waals surface area (Å²) < 4.78 is 10.4. The number of nitrogens with one attached hydrogen (secondary N) is 2. The molecule has 2 amide bonds. The second kappa shape index (κ2) is 10.3. The van der Waals surface area contributed by atoms with Crippen molar-refractivity contribution in [2.45, 2.75) is 19.9 Å². The maximum Gasteiger partial charge on any atom is 0.241 e. The van der Waals surface area contributed by atoms with Crippen molar-refractivity contribution in [2.75, 3.05) is 37.9 Å². The summed E-state index contributed by atoms with van der Waals surface area (Å²) >= 11 is 0. The molecule has 0 saturated carbocycles. The van der Waals surface area contributed by atoms with Crippen LogP contribution in [0.15, 0.2) is 48.5 Å². The predicted octanol–water partition coefficient (Wildman–Crippen LogP) is 2.99. The summed E-state index contributed by atoms with van der Waals surface area (Å²) in [7, 11) is 3.14. The van der Waals surface area contributed by atoms with Gasteiger partial charge < -0.3 is 20.1 Å². The molecular formula is C21H27N3O4. The average Bonchev–Trinajstić information content (AvgIpc) is 2.72. The van der Waals surface area contributed by atoms with Crippen LogP contribution >= 0.6 is 0 Å². The van der Waals surface area contributed by atoms with Crippen molar-refractivity contribution in [3.8, 4) is 11.5 Å². The van der Waals surface area contributed by atoms with Crippen LogP contribution in [0.2, 0.25) is 0 Å². The van der Waals surface area contributed by atoms with Gasteiger partial charge in [-0.3, -0.25) is 14.5 Å². The highest BCUT2D eigenvalue weighted by Crippen LogP contribution is 2.23. The number of benzene rings is 2. The van der Waals surface area contributed by atoms with E-state index in [9.17, 15) is 9.59 Å². The summed E-state index contributed by atoms with van der Waals surface area (Å²) in [4.78, 5) is 26.8. The molecule has 0 heterocycles. The second-order valence-electron chi connectivity index (χ2n) is 6.21. The van der Waals surface area contributed by atoms with Gasteiger partial charge in [0.15, 0.2) is 0 Å². The van der Waals surface area contributed by atoms with Crippen LogP contribution in [0.3, 0.4) is 0 Å². The van der Waals surface area contributed by atoms with Gasteiger partial charge in [0.25, 0.3) is 0 Å². The molecule has 2 N–H and O–H groups in total. The zero-order valence-corrected chi connectivity index (χ0v) is 16.7. The molecule has 0 aromatic heterocycles. The number of para-hydroxylation sites is 2. The van der Waals surface area contributed by atoms with E-state index in [0.717, 1.165) is 5.75 Å². The lowest BCUT2D eigenvalue weighted by Gasteiger charge is -2.26. The fourth-order valence-corrected chi connectivity index (χ4v) is 2.73. The van der Waals surface area contributed by atoms with Crippen LogP contribution in [0.4, 0.5) is 11.4 Å². The van der Waals surface area contributed by atoms with Crippen molar-refractivity contribution in [3.05, 3.63) is 48.5 Å². The molecule has 0 radical (unpaired) electrons. The van der Waals surface area contributed by atoms with Gasteiger partial charge in [-0.05, 0) is 49.9 Å². The number of nitrogens with zero attached hydrogens (tertiary/aromatic N) is 1. The molecule has 0 fully saturated rings. The minimum Gasteiger partial charge on any atom is -0.497 e. The average molecular weight is 385 g/mol. The summed E-state index contributed by atoms with van der Waals surface area (Å²) in [5, 5.41) is 5.69. The Morgan fingerprint density at radius 2 is 1.68 bits per heavy atom. The predicted molar refractivity (Wildman–Crippen MR) is 110 cm³/mol. The smallest absolute Gasteiger partial charge is 0.241 e. The minimum absolute atomic E-state index is 0.100. The van der Waals surface area contributed by atoms with E-state index in [1.165, 1.54) is 0 Å². The second-order valence-corrected chi connectivity index (χ2v) is 6.21. The van der Waals surface area contributed by atoms with E-state index in [0.29, 0.717) is 23.7 Å². The molecule has 0 unspecified atom stereocenters. The third-order valence-electron chi connectivity index (χ3n) is 4.42. The van der Waals surface area contributed by atoms with Crippen LogP contribution in [0, 0.1) is 0 Å². The molecule has 0 aliphatic carbocycles. The van der Waals surface area contributed by atoms with Crippen LogP contribution in [0.1, 0.15) is 13.8 Å². The molecule has 0 aliphatic heterocycles. The van der Waals surface area contributed by atoms with Gasteiger partial charge in [-0.25, -0.2) is 0 Å². The topological polar surface area (TPSA) is 79.9 Å². The van der Waals surface area contributed by atoms with Gasteiger partial charge in [0, 0.05) is 5.69 Å². The molecule has 2 aromatic carbocycles. The maximum atomic E-state index is 12.6. The monoisotopic (exact) mass is 385 g/mol. The summed E-state index contributed by atoms with van der Waals surface area (Å²) in [6.07, 6.45) is 0. The summed E-state index contributed by atoms with van der Waals surface area (Å²) in [5.41, 5.74) is 1.27. The lowest BCUT2D eigenvalue weighted by atomic mass is 10.2. The van der Waals surface area contributed by atoms with Crippen molar-refractivity contribution in [1.82, 2.24) is 4.90 Å². The number of carbonyl (C=O) groups excluding carboxylic acids is 2. The van der Waals surface area contributed by atoms with E-state index in [1.807, 2.05) is 19.1 Å². The fourth-order valence-electron chi connectivity index (χ4n) is 2.73. The molecule has 150 valence electrons. The highest BCUT2D eigenvalue weighted by atomic mass is 16.5. The molecule has 0 aliphatic rings. The Labute approximate surface area is 165 Å². The zero-order valence-electron chi connectivity index (χ0n) is 16.7. The first-order chi connectivity index (χ1) is 13.5. The van der Waals surface area contributed by atoms with Gasteiger partial charge in [0.05, 0.1) is 32.5 Å². The number of carbonyl (C=O) groups is 2. The Morgan fingerprint density at radius 3 is 2.29 bits per heavy atom. The number of hydrogen-bond donors (Lipinski definition) is 2. The Hall–Kier alpha value is -3.06. The van der Waals surface area contributed by atoms with Crippen molar-refractivity contribution in [1.29, 1.82) is 0 Å². The third kappa shape index (κ3) is 5.72. The van der Waals surface area contributed by atoms with E-state index in [4.69, 9.17) is 9.47 Å². The lowest BCUT2D eigenvalue weighted by Crippen LogP contribution is -2.45. The molecule has 7 heteroatoms. The van der Waals surface area contributed by atoms with Crippen LogP contribution in [0.25, 0.3) is 0 Å². The summed E-state index contributed by atoms with van der Waals surface area (Å²) in [6.45, 7) is 4.34. The molecule has 7 nitrogen and oxygen atoms in total. The fraction of sp³-hybridized carbons (Fsp3) is 0.333. The van der Waals surface area contributed by atoms with Gasteiger partial charge in [0.2, 0.25) is 11.8 Å².